The lowest BCUT2D eigenvalue weighted by atomic mass is 10.2. The Kier molecular flexibility index (Phi) is 12.5. The summed E-state index contributed by atoms with van der Waals surface area (Å²) in [6, 6.07) is 16.8. The second-order valence-electron chi connectivity index (χ2n) is 7.72. The van der Waals surface area contributed by atoms with Gasteiger partial charge in [-0.3, -0.25) is 14.9 Å². The van der Waals surface area contributed by atoms with Gasteiger partial charge in [-0.05, 0) is 31.0 Å². The molecule has 0 unspecified atom stereocenters. The molecular formula is C24H37IN6. The third-order valence-corrected chi connectivity index (χ3v) is 5.36. The van der Waals surface area contributed by atoms with Crippen LogP contribution >= 0.6 is 24.0 Å². The van der Waals surface area contributed by atoms with Crippen LogP contribution in [-0.2, 0) is 13.0 Å². The molecule has 0 saturated carbocycles. The van der Waals surface area contributed by atoms with E-state index >= 15 is 0 Å². The first-order valence-corrected chi connectivity index (χ1v) is 11.2. The zero-order valence-corrected chi connectivity index (χ0v) is 21.0. The Hall–Kier alpha value is -1.71. The highest BCUT2D eigenvalue weighted by Crippen LogP contribution is 2.08. The predicted molar refractivity (Wildman–Crippen MR) is 140 cm³/mol. The SMILES string of the molecule is CCNC(=NCCCN1CCN(Cc2ccccc2)CC1)NCCc1ccccn1.I. The maximum atomic E-state index is 4.74. The average Bonchev–Trinajstić information content (AvgIpc) is 2.79. The van der Waals surface area contributed by atoms with Crippen LogP contribution in [0.4, 0.5) is 0 Å². The van der Waals surface area contributed by atoms with E-state index in [1.165, 1.54) is 5.56 Å². The molecule has 2 aromatic rings. The van der Waals surface area contributed by atoms with Crippen LogP contribution in [0, 0.1) is 0 Å². The number of pyridine rings is 1. The lowest BCUT2D eigenvalue weighted by Crippen LogP contribution is -2.46. The highest BCUT2D eigenvalue weighted by atomic mass is 127. The van der Waals surface area contributed by atoms with Crippen molar-refractivity contribution in [2.75, 3.05) is 52.4 Å². The standard InChI is InChI=1S/C24H36N6.HI/c1-2-25-24(28-15-12-23-11-6-7-13-26-23)27-14-8-16-29-17-19-30(20-18-29)21-22-9-4-3-5-10-22;/h3-7,9-11,13H,2,8,12,14-21H2,1H3,(H2,25,27,28);1H. The van der Waals surface area contributed by atoms with E-state index in [1.807, 2.05) is 18.3 Å². The van der Waals surface area contributed by atoms with Crippen LogP contribution in [-0.4, -0.2) is 73.1 Å². The van der Waals surface area contributed by atoms with Gasteiger partial charge in [-0.1, -0.05) is 36.4 Å². The first-order chi connectivity index (χ1) is 14.8. The van der Waals surface area contributed by atoms with Crippen molar-refractivity contribution in [2.45, 2.75) is 26.3 Å². The molecule has 3 rings (SSSR count). The fourth-order valence-corrected chi connectivity index (χ4v) is 3.69. The summed E-state index contributed by atoms with van der Waals surface area (Å²) in [6.45, 7) is 11.5. The zero-order valence-electron chi connectivity index (χ0n) is 18.7. The summed E-state index contributed by atoms with van der Waals surface area (Å²) >= 11 is 0. The molecule has 1 aromatic heterocycles. The first-order valence-electron chi connectivity index (χ1n) is 11.2. The van der Waals surface area contributed by atoms with E-state index in [2.05, 4.69) is 68.7 Å². The lowest BCUT2D eigenvalue weighted by Gasteiger charge is -2.34. The maximum absolute atomic E-state index is 4.74. The largest absolute Gasteiger partial charge is 0.357 e. The van der Waals surface area contributed by atoms with E-state index in [9.17, 15) is 0 Å². The Balaban J connectivity index is 0.00000341. The summed E-state index contributed by atoms with van der Waals surface area (Å²) in [4.78, 5) is 14.2. The Morgan fingerprint density at radius 1 is 0.968 bits per heavy atom. The zero-order chi connectivity index (χ0) is 20.9. The maximum Gasteiger partial charge on any atom is 0.191 e. The molecule has 0 spiro atoms. The van der Waals surface area contributed by atoms with Gasteiger partial charge >= 0.3 is 0 Å². The Morgan fingerprint density at radius 3 is 2.42 bits per heavy atom. The number of piperazine rings is 1. The van der Waals surface area contributed by atoms with Gasteiger partial charge in [0.15, 0.2) is 5.96 Å². The normalized spacial score (nSPS) is 15.3. The number of halogens is 1. The van der Waals surface area contributed by atoms with Crippen molar-refractivity contribution >= 4 is 29.9 Å². The molecule has 170 valence electrons. The number of hydrogen-bond donors (Lipinski definition) is 2. The first kappa shape index (κ1) is 25.5. The van der Waals surface area contributed by atoms with Crippen LogP contribution in [0.1, 0.15) is 24.6 Å². The molecule has 0 aliphatic carbocycles. The minimum Gasteiger partial charge on any atom is -0.357 e. The molecule has 1 aromatic carbocycles. The van der Waals surface area contributed by atoms with E-state index in [0.717, 1.165) is 83.4 Å². The predicted octanol–water partition coefficient (Wildman–Crippen LogP) is 3.01. The van der Waals surface area contributed by atoms with Gasteiger partial charge in [-0.25, -0.2) is 0 Å². The number of hydrogen-bond acceptors (Lipinski definition) is 4. The number of guanidine groups is 1. The molecule has 2 heterocycles. The van der Waals surface area contributed by atoms with Gasteiger partial charge in [0.1, 0.15) is 0 Å². The Morgan fingerprint density at radius 2 is 1.71 bits per heavy atom. The third-order valence-electron chi connectivity index (χ3n) is 5.36. The van der Waals surface area contributed by atoms with Crippen LogP contribution in [0.2, 0.25) is 0 Å². The smallest absolute Gasteiger partial charge is 0.191 e. The van der Waals surface area contributed by atoms with Crippen molar-refractivity contribution in [3.63, 3.8) is 0 Å². The Labute approximate surface area is 204 Å². The molecule has 2 N–H and O–H groups in total. The van der Waals surface area contributed by atoms with Gasteiger partial charge in [0.25, 0.3) is 0 Å². The van der Waals surface area contributed by atoms with Crippen LogP contribution < -0.4 is 10.6 Å². The fourth-order valence-electron chi connectivity index (χ4n) is 3.69. The Bertz CT molecular complexity index is 732. The summed E-state index contributed by atoms with van der Waals surface area (Å²) in [5, 5.41) is 6.75. The number of aromatic nitrogens is 1. The third kappa shape index (κ3) is 9.97. The van der Waals surface area contributed by atoms with Gasteiger partial charge in [0.2, 0.25) is 0 Å². The summed E-state index contributed by atoms with van der Waals surface area (Å²) in [7, 11) is 0. The minimum absolute atomic E-state index is 0. The van der Waals surface area contributed by atoms with Crippen molar-refractivity contribution in [3.8, 4) is 0 Å². The number of nitrogens with one attached hydrogen (secondary N) is 2. The molecule has 0 amide bonds. The van der Waals surface area contributed by atoms with E-state index in [-0.39, 0.29) is 24.0 Å². The second-order valence-corrected chi connectivity index (χ2v) is 7.72. The number of rotatable bonds is 10. The lowest BCUT2D eigenvalue weighted by molar-refractivity contribution is 0.127. The van der Waals surface area contributed by atoms with Gasteiger partial charge in [-0.2, -0.15) is 0 Å². The molecule has 0 radical (unpaired) electrons. The fraction of sp³-hybridized carbons (Fsp3) is 0.500. The van der Waals surface area contributed by atoms with Gasteiger partial charge < -0.3 is 15.5 Å². The van der Waals surface area contributed by atoms with Gasteiger partial charge in [-0.15, -0.1) is 24.0 Å². The van der Waals surface area contributed by atoms with Crippen LogP contribution in [0.25, 0.3) is 0 Å². The van der Waals surface area contributed by atoms with Crippen LogP contribution in [0.3, 0.4) is 0 Å². The highest BCUT2D eigenvalue weighted by Gasteiger charge is 2.16. The van der Waals surface area contributed by atoms with Crippen molar-refractivity contribution in [1.29, 1.82) is 0 Å². The second kappa shape index (κ2) is 15.2. The molecule has 0 atom stereocenters. The molecule has 1 saturated heterocycles. The molecule has 0 bridgehead atoms. The molecule has 6 nitrogen and oxygen atoms in total. The number of nitrogens with zero attached hydrogens (tertiary/aromatic N) is 4. The number of aliphatic imine (C=N–C) groups is 1. The van der Waals surface area contributed by atoms with E-state index in [1.54, 1.807) is 0 Å². The van der Waals surface area contributed by atoms with Crippen molar-refractivity contribution < 1.29 is 0 Å². The average molecular weight is 537 g/mol. The van der Waals surface area contributed by atoms with Crippen molar-refractivity contribution in [3.05, 3.63) is 66.0 Å². The molecular weight excluding hydrogens is 499 g/mol. The van der Waals surface area contributed by atoms with E-state index < -0.39 is 0 Å². The van der Waals surface area contributed by atoms with Crippen molar-refractivity contribution in [1.82, 2.24) is 25.4 Å². The topological polar surface area (TPSA) is 55.8 Å². The summed E-state index contributed by atoms with van der Waals surface area (Å²) < 4.78 is 0. The highest BCUT2D eigenvalue weighted by molar-refractivity contribution is 14.0. The molecule has 31 heavy (non-hydrogen) atoms. The molecule has 1 fully saturated rings. The quantitative estimate of drug-likeness (QED) is 0.212. The summed E-state index contributed by atoms with van der Waals surface area (Å²) in [6.07, 6.45) is 3.84. The van der Waals surface area contributed by atoms with E-state index in [0.29, 0.717) is 0 Å². The minimum atomic E-state index is 0. The summed E-state index contributed by atoms with van der Waals surface area (Å²) in [5.74, 6) is 0.904. The van der Waals surface area contributed by atoms with Crippen LogP contribution in [0.15, 0.2) is 59.7 Å². The number of benzene rings is 1. The monoisotopic (exact) mass is 536 g/mol. The van der Waals surface area contributed by atoms with Gasteiger partial charge in [0, 0.05) is 77.2 Å². The molecule has 7 heteroatoms. The van der Waals surface area contributed by atoms with Gasteiger partial charge in [0.05, 0.1) is 0 Å². The van der Waals surface area contributed by atoms with Crippen molar-refractivity contribution in [2.24, 2.45) is 4.99 Å². The summed E-state index contributed by atoms with van der Waals surface area (Å²) in [5.41, 5.74) is 2.51. The van der Waals surface area contributed by atoms with E-state index in [4.69, 9.17) is 4.99 Å². The molecule has 1 aliphatic rings. The molecule has 1 aliphatic heterocycles. The van der Waals surface area contributed by atoms with Crippen LogP contribution in [0.5, 0.6) is 0 Å².